The molecule has 5 heteroatoms. The van der Waals surface area contributed by atoms with Gasteiger partial charge in [0.15, 0.2) is 0 Å². The lowest BCUT2D eigenvalue weighted by Crippen LogP contribution is -2.27. The first-order valence-corrected chi connectivity index (χ1v) is 6.95. The molecular formula is C16H16ClFN2O. The number of amides is 1. The molecule has 0 spiro atoms. The van der Waals surface area contributed by atoms with Gasteiger partial charge in [-0.15, -0.1) is 0 Å². The van der Waals surface area contributed by atoms with Gasteiger partial charge in [-0.1, -0.05) is 48.0 Å². The standard InChI is InChI=1S/C16H16ClFN2O/c17-13-8-11(6-7-14(13)18)10-20-16(21)9-15(19)12-4-2-1-3-5-12/h1-8,15H,9-10,19H2,(H,20,21). The number of halogens is 2. The summed E-state index contributed by atoms with van der Waals surface area (Å²) < 4.78 is 13.0. The van der Waals surface area contributed by atoms with Crippen molar-refractivity contribution in [2.45, 2.75) is 19.0 Å². The molecule has 0 saturated heterocycles. The molecule has 3 N–H and O–H groups in total. The number of hydrogen-bond donors (Lipinski definition) is 2. The van der Waals surface area contributed by atoms with Crippen LogP contribution in [0.1, 0.15) is 23.6 Å². The van der Waals surface area contributed by atoms with Crippen molar-refractivity contribution in [2.75, 3.05) is 0 Å². The summed E-state index contributed by atoms with van der Waals surface area (Å²) in [6.45, 7) is 0.292. The third-order valence-corrected chi connectivity index (χ3v) is 3.40. The molecule has 0 heterocycles. The summed E-state index contributed by atoms with van der Waals surface area (Å²) in [5.74, 6) is -0.635. The number of rotatable bonds is 5. The zero-order valence-electron chi connectivity index (χ0n) is 11.4. The fourth-order valence-corrected chi connectivity index (χ4v) is 2.14. The van der Waals surface area contributed by atoms with Crippen molar-refractivity contribution in [3.8, 4) is 0 Å². The highest BCUT2D eigenvalue weighted by atomic mass is 35.5. The molecule has 2 rings (SSSR count). The topological polar surface area (TPSA) is 55.1 Å². The molecule has 1 atom stereocenters. The molecule has 0 radical (unpaired) electrons. The zero-order valence-corrected chi connectivity index (χ0v) is 12.1. The smallest absolute Gasteiger partial charge is 0.222 e. The van der Waals surface area contributed by atoms with Crippen LogP contribution in [0.3, 0.4) is 0 Å². The molecule has 2 aromatic rings. The summed E-state index contributed by atoms with van der Waals surface area (Å²) in [6, 6.07) is 13.4. The highest BCUT2D eigenvalue weighted by Gasteiger charge is 2.11. The number of nitrogens with one attached hydrogen (secondary N) is 1. The highest BCUT2D eigenvalue weighted by molar-refractivity contribution is 6.30. The van der Waals surface area contributed by atoms with Crippen molar-refractivity contribution >= 4 is 17.5 Å². The number of benzene rings is 2. The first kappa shape index (κ1) is 15.5. The third-order valence-electron chi connectivity index (χ3n) is 3.11. The van der Waals surface area contributed by atoms with Crippen molar-refractivity contribution in [1.82, 2.24) is 5.32 Å². The SMILES string of the molecule is NC(CC(=O)NCc1ccc(F)c(Cl)c1)c1ccccc1. The monoisotopic (exact) mass is 306 g/mol. The zero-order chi connectivity index (χ0) is 15.2. The Morgan fingerprint density at radius 1 is 1.24 bits per heavy atom. The first-order chi connectivity index (χ1) is 10.1. The summed E-state index contributed by atoms with van der Waals surface area (Å²) in [6.07, 6.45) is 0.193. The molecule has 0 aromatic heterocycles. The van der Waals surface area contributed by atoms with E-state index in [2.05, 4.69) is 5.32 Å². The van der Waals surface area contributed by atoms with Crippen LogP contribution < -0.4 is 11.1 Å². The van der Waals surface area contributed by atoms with E-state index < -0.39 is 5.82 Å². The molecule has 1 unspecified atom stereocenters. The van der Waals surface area contributed by atoms with Crippen molar-refractivity contribution in [1.29, 1.82) is 0 Å². The van der Waals surface area contributed by atoms with Crippen LogP contribution >= 0.6 is 11.6 Å². The van der Waals surface area contributed by atoms with Crippen LogP contribution in [0.5, 0.6) is 0 Å². The van der Waals surface area contributed by atoms with E-state index in [1.165, 1.54) is 12.1 Å². The Morgan fingerprint density at radius 2 is 1.95 bits per heavy atom. The largest absolute Gasteiger partial charge is 0.352 e. The highest BCUT2D eigenvalue weighted by Crippen LogP contribution is 2.16. The average molecular weight is 307 g/mol. The van der Waals surface area contributed by atoms with Gasteiger partial charge in [-0.05, 0) is 23.3 Å². The molecular weight excluding hydrogens is 291 g/mol. The number of carbonyl (C=O) groups is 1. The Labute approximate surface area is 127 Å². The van der Waals surface area contributed by atoms with Crippen molar-refractivity contribution < 1.29 is 9.18 Å². The Morgan fingerprint density at radius 3 is 2.62 bits per heavy atom. The van der Waals surface area contributed by atoms with E-state index in [0.717, 1.165) is 11.1 Å². The van der Waals surface area contributed by atoms with Gasteiger partial charge in [0.2, 0.25) is 5.91 Å². The van der Waals surface area contributed by atoms with Crippen LogP contribution in [0.15, 0.2) is 48.5 Å². The number of hydrogen-bond acceptors (Lipinski definition) is 2. The summed E-state index contributed by atoms with van der Waals surface area (Å²) in [5.41, 5.74) is 7.63. The lowest BCUT2D eigenvalue weighted by atomic mass is 10.0. The first-order valence-electron chi connectivity index (χ1n) is 6.57. The molecule has 0 fully saturated rings. The predicted octanol–water partition coefficient (Wildman–Crippen LogP) is 3.19. The quantitative estimate of drug-likeness (QED) is 0.891. The van der Waals surface area contributed by atoms with E-state index in [4.69, 9.17) is 17.3 Å². The second-order valence-electron chi connectivity index (χ2n) is 4.75. The Bertz CT molecular complexity index is 619. The Balaban J connectivity index is 1.86. The minimum absolute atomic E-state index is 0.0442. The minimum Gasteiger partial charge on any atom is -0.352 e. The third kappa shape index (κ3) is 4.55. The molecule has 0 bridgehead atoms. The van der Waals surface area contributed by atoms with Gasteiger partial charge in [-0.25, -0.2) is 4.39 Å². The number of carbonyl (C=O) groups excluding carboxylic acids is 1. The van der Waals surface area contributed by atoms with Crippen molar-refractivity contribution in [3.05, 3.63) is 70.5 Å². The van der Waals surface area contributed by atoms with Gasteiger partial charge in [0, 0.05) is 19.0 Å². The van der Waals surface area contributed by atoms with Gasteiger partial charge in [-0.3, -0.25) is 4.79 Å². The van der Waals surface area contributed by atoms with Gasteiger partial charge in [0.25, 0.3) is 0 Å². The normalized spacial score (nSPS) is 12.0. The van der Waals surface area contributed by atoms with Crippen LogP contribution in [0.25, 0.3) is 0 Å². The molecule has 2 aromatic carbocycles. The van der Waals surface area contributed by atoms with Crippen LogP contribution in [-0.2, 0) is 11.3 Å². The van der Waals surface area contributed by atoms with Gasteiger partial charge >= 0.3 is 0 Å². The minimum atomic E-state index is -0.474. The summed E-state index contributed by atoms with van der Waals surface area (Å²) >= 11 is 5.69. The average Bonchev–Trinajstić information content (AvgIpc) is 2.49. The van der Waals surface area contributed by atoms with Gasteiger partial charge in [0.05, 0.1) is 5.02 Å². The number of nitrogens with two attached hydrogens (primary N) is 1. The van der Waals surface area contributed by atoms with Crippen molar-refractivity contribution in [3.63, 3.8) is 0 Å². The summed E-state index contributed by atoms with van der Waals surface area (Å²) in [4.78, 5) is 11.9. The van der Waals surface area contributed by atoms with Crippen LogP contribution in [0.2, 0.25) is 5.02 Å². The van der Waals surface area contributed by atoms with Gasteiger partial charge in [-0.2, -0.15) is 0 Å². The van der Waals surface area contributed by atoms with Gasteiger partial charge in [0.1, 0.15) is 5.82 Å². The predicted molar refractivity (Wildman–Crippen MR) is 81.2 cm³/mol. The molecule has 0 aliphatic heterocycles. The van der Waals surface area contributed by atoms with E-state index in [1.807, 2.05) is 30.3 Å². The molecule has 110 valence electrons. The Kier molecular flexibility index (Phi) is 5.31. The van der Waals surface area contributed by atoms with E-state index in [-0.39, 0.29) is 23.4 Å². The van der Waals surface area contributed by atoms with Gasteiger partial charge < -0.3 is 11.1 Å². The van der Waals surface area contributed by atoms with Crippen LogP contribution in [0, 0.1) is 5.82 Å². The maximum Gasteiger partial charge on any atom is 0.222 e. The molecule has 0 saturated carbocycles. The lowest BCUT2D eigenvalue weighted by Gasteiger charge is -2.12. The second-order valence-corrected chi connectivity index (χ2v) is 5.15. The Hall–Kier alpha value is -1.91. The van der Waals surface area contributed by atoms with Crippen LogP contribution in [0.4, 0.5) is 4.39 Å². The van der Waals surface area contributed by atoms with E-state index in [1.54, 1.807) is 6.07 Å². The maximum atomic E-state index is 13.0. The van der Waals surface area contributed by atoms with Crippen LogP contribution in [-0.4, -0.2) is 5.91 Å². The fourth-order valence-electron chi connectivity index (χ4n) is 1.94. The summed E-state index contributed by atoms with van der Waals surface area (Å²) in [5, 5.41) is 2.79. The molecule has 3 nitrogen and oxygen atoms in total. The van der Waals surface area contributed by atoms with E-state index >= 15 is 0 Å². The molecule has 21 heavy (non-hydrogen) atoms. The van der Waals surface area contributed by atoms with Crippen molar-refractivity contribution in [2.24, 2.45) is 5.73 Å². The fraction of sp³-hybridized carbons (Fsp3) is 0.188. The second kappa shape index (κ2) is 7.20. The molecule has 0 aliphatic carbocycles. The van der Waals surface area contributed by atoms with E-state index in [9.17, 15) is 9.18 Å². The molecule has 0 aliphatic rings. The summed E-state index contributed by atoms with van der Waals surface area (Å²) in [7, 11) is 0. The molecule has 1 amide bonds. The lowest BCUT2D eigenvalue weighted by molar-refractivity contribution is -0.121. The maximum absolute atomic E-state index is 13.0. The van der Waals surface area contributed by atoms with E-state index in [0.29, 0.717) is 6.54 Å².